The van der Waals surface area contributed by atoms with Gasteiger partial charge in [0, 0.05) is 18.0 Å². The first-order valence-corrected chi connectivity index (χ1v) is 8.17. The van der Waals surface area contributed by atoms with E-state index in [2.05, 4.69) is 9.97 Å². The smallest absolute Gasteiger partial charge is 0.329 e. The van der Waals surface area contributed by atoms with E-state index in [1.807, 2.05) is 22.4 Å². The molecule has 1 aliphatic heterocycles. The lowest BCUT2D eigenvalue weighted by molar-refractivity contribution is -0.384. The Balaban J connectivity index is 1.84. The summed E-state index contributed by atoms with van der Waals surface area (Å²) >= 11 is 1.64. The molecule has 2 aromatic heterocycles. The standard InChI is InChI=1S/C14H17N5O3S/c15-13-12(19(20)21)7-16-14(17-13)18(8-10-3-1-5-22-10)9-11-4-2-6-23-11/h2,4,6-7,10H,1,3,5,8-9H2,(H2,15,16,17)/t10-/m0/s1. The van der Waals surface area contributed by atoms with Gasteiger partial charge in [-0.2, -0.15) is 4.98 Å². The van der Waals surface area contributed by atoms with Crippen LogP contribution in [-0.4, -0.2) is 34.1 Å². The molecule has 2 N–H and O–H groups in total. The molecular formula is C14H17N5O3S. The Morgan fingerprint density at radius 1 is 1.57 bits per heavy atom. The van der Waals surface area contributed by atoms with Gasteiger partial charge in [0.25, 0.3) is 0 Å². The lowest BCUT2D eigenvalue weighted by atomic mass is 10.2. The average Bonchev–Trinajstić information content (AvgIpc) is 3.19. The Kier molecular flexibility index (Phi) is 4.68. The molecule has 3 heterocycles. The van der Waals surface area contributed by atoms with Gasteiger partial charge in [0.2, 0.25) is 11.8 Å². The van der Waals surface area contributed by atoms with Gasteiger partial charge in [-0.05, 0) is 24.3 Å². The minimum atomic E-state index is -0.581. The fraction of sp³-hybridized carbons (Fsp3) is 0.429. The molecule has 0 saturated carbocycles. The summed E-state index contributed by atoms with van der Waals surface area (Å²) in [5.74, 6) is 0.264. The zero-order valence-corrected chi connectivity index (χ0v) is 13.2. The van der Waals surface area contributed by atoms with Crippen molar-refractivity contribution in [3.63, 3.8) is 0 Å². The number of aromatic nitrogens is 2. The molecule has 0 unspecified atom stereocenters. The van der Waals surface area contributed by atoms with Gasteiger partial charge < -0.3 is 15.4 Å². The van der Waals surface area contributed by atoms with Crippen molar-refractivity contribution < 1.29 is 9.66 Å². The highest BCUT2D eigenvalue weighted by atomic mass is 32.1. The third-order valence-corrected chi connectivity index (χ3v) is 4.50. The second kappa shape index (κ2) is 6.88. The van der Waals surface area contributed by atoms with Gasteiger partial charge in [0.15, 0.2) is 0 Å². The minimum absolute atomic E-state index is 0.120. The van der Waals surface area contributed by atoms with Crippen molar-refractivity contribution in [3.8, 4) is 0 Å². The van der Waals surface area contributed by atoms with Crippen LogP contribution in [0.3, 0.4) is 0 Å². The monoisotopic (exact) mass is 335 g/mol. The molecule has 23 heavy (non-hydrogen) atoms. The largest absolute Gasteiger partial charge is 0.378 e. The van der Waals surface area contributed by atoms with E-state index < -0.39 is 4.92 Å². The highest BCUT2D eigenvalue weighted by molar-refractivity contribution is 7.09. The second-order valence-corrected chi connectivity index (χ2v) is 6.32. The Labute approximate surface area is 137 Å². The van der Waals surface area contributed by atoms with Crippen LogP contribution in [0.5, 0.6) is 0 Å². The Morgan fingerprint density at radius 3 is 3.04 bits per heavy atom. The molecule has 1 fully saturated rings. The zero-order chi connectivity index (χ0) is 16.2. The fourth-order valence-electron chi connectivity index (χ4n) is 2.51. The maximum Gasteiger partial charge on any atom is 0.329 e. The normalized spacial score (nSPS) is 17.3. The van der Waals surface area contributed by atoms with Crippen LogP contribution in [0.25, 0.3) is 0 Å². The molecule has 0 spiro atoms. The van der Waals surface area contributed by atoms with Crippen molar-refractivity contribution >= 4 is 28.8 Å². The number of anilines is 2. The lowest BCUT2D eigenvalue weighted by Gasteiger charge is -2.25. The van der Waals surface area contributed by atoms with Crippen molar-refractivity contribution in [2.24, 2.45) is 0 Å². The molecular weight excluding hydrogens is 318 g/mol. The van der Waals surface area contributed by atoms with Crippen LogP contribution in [0, 0.1) is 10.1 Å². The Morgan fingerprint density at radius 2 is 2.43 bits per heavy atom. The van der Waals surface area contributed by atoms with Crippen LogP contribution in [0.4, 0.5) is 17.5 Å². The van der Waals surface area contributed by atoms with Crippen molar-refractivity contribution in [2.75, 3.05) is 23.8 Å². The first-order valence-electron chi connectivity index (χ1n) is 7.29. The number of hydrogen-bond donors (Lipinski definition) is 1. The maximum absolute atomic E-state index is 10.9. The number of nitrogens with two attached hydrogens (primary N) is 1. The molecule has 8 nitrogen and oxygen atoms in total. The summed E-state index contributed by atoms with van der Waals surface area (Å²) in [6.45, 7) is 2.02. The third kappa shape index (κ3) is 3.74. The number of ether oxygens (including phenoxy) is 1. The first-order chi connectivity index (χ1) is 11.1. The molecule has 3 rings (SSSR count). The molecule has 0 bridgehead atoms. The summed E-state index contributed by atoms with van der Waals surface area (Å²) in [6, 6.07) is 4.01. The summed E-state index contributed by atoms with van der Waals surface area (Å²) in [7, 11) is 0. The maximum atomic E-state index is 10.9. The van der Waals surface area contributed by atoms with E-state index in [4.69, 9.17) is 10.5 Å². The van der Waals surface area contributed by atoms with E-state index in [-0.39, 0.29) is 17.6 Å². The van der Waals surface area contributed by atoms with Gasteiger partial charge >= 0.3 is 5.69 Å². The highest BCUT2D eigenvalue weighted by Crippen LogP contribution is 2.24. The molecule has 1 saturated heterocycles. The lowest BCUT2D eigenvalue weighted by Crippen LogP contribution is -2.33. The molecule has 1 aliphatic rings. The van der Waals surface area contributed by atoms with Crippen molar-refractivity contribution in [3.05, 3.63) is 38.7 Å². The van der Waals surface area contributed by atoms with Crippen LogP contribution in [-0.2, 0) is 11.3 Å². The van der Waals surface area contributed by atoms with E-state index in [1.165, 1.54) is 0 Å². The van der Waals surface area contributed by atoms with Gasteiger partial charge in [-0.1, -0.05) is 6.07 Å². The molecule has 0 amide bonds. The topological polar surface area (TPSA) is 107 Å². The summed E-state index contributed by atoms with van der Waals surface area (Å²) in [5.41, 5.74) is 5.42. The number of thiophene rings is 1. The van der Waals surface area contributed by atoms with E-state index >= 15 is 0 Å². The molecule has 1 atom stereocenters. The van der Waals surface area contributed by atoms with E-state index in [0.29, 0.717) is 19.0 Å². The van der Waals surface area contributed by atoms with Gasteiger partial charge in [0.1, 0.15) is 6.20 Å². The SMILES string of the molecule is Nc1nc(N(Cc2cccs2)C[C@@H]2CCCO2)ncc1[N+](=O)[O-]. The van der Waals surface area contributed by atoms with Crippen molar-refractivity contribution in [1.82, 2.24) is 9.97 Å². The fourth-order valence-corrected chi connectivity index (χ4v) is 3.23. The minimum Gasteiger partial charge on any atom is -0.378 e. The van der Waals surface area contributed by atoms with Crippen molar-refractivity contribution in [2.45, 2.75) is 25.5 Å². The molecule has 0 aliphatic carbocycles. The van der Waals surface area contributed by atoms with Crippen LogP contribution in [0.1, 0.15) is 17.7 Å². The first kappa shape index (κ1) is 15.6. The summed E-state index contributed by atoms with van der Waals surface area (Å²) in [5, 5.41) is 12.9. The third-order valence-electron chi connectivity index (χ3n) is 3.64. The quantitative estimate of drug-likeness (QED) is 0.637. The van der Waals surface area contributed by atoms with Crippen molar-refractivity contribution in [1.29, 1.82) is 0 Å². The number of rotatable bonds is 6. The predicted molar refractivity (Wildman–Crippen MR) is 87.4 cm³/mol. The molecule has 2 aromatic rings. The van der Waals surface area contributed by atoms with E-state index in [0.717, 1.165) is 30.5 Å². The summed E-state index contributed by atoms with van der Waals surface area (Å²) in [4.78, 5) is 21.6. The molecule has 9 heteroatoms. The van der Waals surface area contributed by atoms with Gasteiger partial charge in [0.05, 0.1) is 17.6 Å². The second-order valence-electron chi connectivity index (χ2n) is 5.29. The van der Waals surface area contributed by atoms with Crippen LogP contribution >= 0.6 is 11.3 Å². The average molecular weight is 335 g/mol. The predicted octanol–water partition coefficient (Wildman–Crippen LogP) is 2.21. The summed E-state index contributed by atoms with van der Waals surface area (Å²) < 4.78 is 5.68. The number of nitrogen functional groups attached to an aromatic ring is 1. The van der Waals surface area contributed by atoms with Crippen LogP contribution in [0.2, 0.25) is 0 Å². The van der Waals surface area contributed by atoms with Crippen LogP contribution in [0.15, 0.2) is 23.7 Å². The van der Waals surface area contributed by atoms with E-state index in [9.17, 15) is 10.1 Å². The number of nitrogens with zero attached hydrogens (tertiary/aromatic N) is 4. The van der Waals surface area contributed by atoms with E-state index in [1.54, 1.807) is 11.3 Å². The molecule has 122 valence electrons. The van der Waals surface area contributed by atoms with Gasteiger partial charge in [-0.3, -0.25) is 10.1 Å². The molecule has 0 aromatic carbocycles. The van der Waals surface area contributed by atoms with Gasteiger partial charge in [-0.15, -0.1) is 11.3 Å². The van der Waals surface area contributed by atoms with Gasteiger partial charge in [-0.25, -0.2) is 4.98 Å². The number of hydrogen-bond acceptors (Lipinski definition) is 8. The Bertz CT molecular complexity index is 673. The number of nitro groups is 1. The Hall–Kier alpha value is -2.26. The summed E-state index contributed by atoms with van der Waals surface area (Å²) in [6.07, 6.45) is 3.31. The molecule has 0 radical (unpaired) electrons. The van der Waals surface area contributed by atoms with Crippen LogP contribution < -0.4 is 10.6 Å². The highest BCUT2D eigenvalue weighted by Gasteiger charge is 2.23. The zero-order valence-electron chi connectivity index (χ0n) is 12.4.